The molecule has 0 amide bonds. The number of methoxy groups -OCH3 is 1. The third-order valence-electron chi connectivity index (χ3n) is 6.78. The van der Waals surface area contributed by atoms with Gasteiger partial charge in [0.15, 0.2) is 17.3 Å². The quantitative estimate of drug-likeness (QED) is 0.747. The smallest absolute Gasteiger partial charge is 0.338 e. The third-order valence-corrected chi connectivity index (χ3v) is 6.78. The molecule has 0 aromatic heterocycles. The summed E-state index contributed by atoms with van der Waals surface area (Å²) in [6.45, 7) is 7.59. The maximum atomic E-state index is 13.0. The van der Waals surface area contributed by atoms with Crippen LogP contribution in [-0.4, -0.2) is 40.8 Å². The zero-order valence-electron chi connectivity index (χ0n) is 17.7. The van der Waals surface area contributed by atoms with Gasteiger partial charge in [-0.3, -0.25) is 4.79 Å². The number of hydrogen-bond donors (Lipinski definition) is 2. The number of benzene rings is 1. The second-order valence-electron chi connectivity index (χ2n) is 8.93. The number of aromatic hydroxyl groups is 1. The van der Waals surface area contributed by atoms with Crippen LogP contribution < -0.4 is 4.74 Å². The Morgan fingerprint density at radius 1 is 1.28 bits per heavy atom. The lowest BCUT2D eigenvalue weighted by Gasteiger charge is -2.42. The molecule has 0 saturated heterocycles. The van der Waals surface area contributed by atoms with Gasteiger partial charge in [0.1, 0.15) is 6.10 Å². The molecule has 2 N–H and O–H groups in total. The number of phenols is 1. The van der Waals surface area contributed by atoms with Gasteiger partial charge in [0.2, 0.25) is 0 Å². The lowest BCUT2D eigenvalue weighted by molar-refractivity contribution is -0.140. The number of carbonyl (C=O) groups is 2. The highest BCUT2D eigenvalue weighted by Gasteiger charge is 2.62. The fraction of sp³-hybridized carbons (Fsp3) is 0.565. The van der Waals surface area contributed by atoms with Gasteiger partial charge >= 0.3 is 5.97 Å². The van der Waals surface area contributed by atoms with Crippen molar-refractivity contribution in [2.24, 2.45) is 17.3 Å². The first kappa shape index (κ1) is 21.4. The molecule has 1 fully saturated rings. The van der Waals surface area contributed by atoms with Crippen molar-refractivity contribution >= 4 is 11.8 Å². The Balaban J connectivity index is 1.98. The molecule has 3 rings (SSSR count). The summed E-state index contributed by atoms with van der Waals surface area (Å²) in [4.78, 5) is 25.9. The molecule has 4 atom stereocenters. The molecule has 1 aromatic carbocycles. The van der Waals surface area contributed by atoms with E-state index in [2.05, 4.69) is 0 Å². The molecule has 0 heterocycles. The standard InChI is InChI=1S/C23H30O6/c1-13(2)23(27)9-8-22(4)19(25)11-14(3)10-18(20(22)23)29-21(26)15-6-7-16(24)17(12-15)28-5/h6-7,11-13,18,20,24,27H,8-10H2,1-5H3. The van der Waals surface area contributed by atoms with Gasteiger partial charge in [-0.15, -0.1) is 0 Å². The van der Waals surface area contributed by atoms with E-state index in [1.165, 1.54) is 25.3 Å². The number of fused-ring (bicyclic) bond motifs is 1. The fourth-order valence-corrected chi connectivity index (χ4v) is 4.98. The van der Waals surface area contributed by atoms with E-state index in [9.17, 15) is 19.8 Å². The Morgan fingerprint density at radius 2 is 1.97 bits per heavy atom. The number of ether oxygens (including phenoxy) is 2. The topological polar surface area (TPSA) is 93.1 Å². The van der Waals surface area contributed by atoms with Crippen LogP contribution in [0.15, 0.2) is 29.8 Å². The fourth-order valence-electron chi connectivity index (χ4n) is 4.98. The number of esters is 1. The number of allylic oxidation sites excluding steroid dienone is 1. The maximum absolute atomic E-state index is 13.0. The van der Waals surface area contributed by atoms with E-state index in [1.807, 2.05) is 27.7 Å². The van der Waals surface area contributed by atoms with E-state index < -0.39 is 29.0 Å². The average Bonchev–Trinajstić information content (AvgIpc) is 2.90. The molecule has 6 nitrogen and oxygen atoms in total. The minimum atomic E-state index is -1.10. The van der Waals surface area contributed by atoms with Crippen LogP contribution >= 0.6 is 0 Å². The summed E-state index contributed by atoms with van der Waals surface area (Å²) in [5.41, 5.74) is -0.808. The van der Waals surface area contributed by atoms with Gasteiger partial charge in [-0.1, -0.05) is 26.3 Å². The van der Waals surface area contributed by atoms with E-state index in [0.29, 0.717) is 19.3 Å². The van der Waals surface area contributed by atoms with Crippen LogP contribution in [-0.2, 0) is 9.53 Å². The lowest BCUT2D eigenvalue weighted by Crippen LogP contribution is -2.51. The predicted octanol–water partition coefficient (Wildman–Crippen LogP) is 3.65. The van der Waals surface area contributed by atoms with E-state index >= 15 is 0 Å². The van der Waals surface area contributed by atoms with Crippen LogP contribution in [0.25, 0.3) is 0 Å². The first-order chi connectivity index (χ1) is 13.5. The molecule has 1 aromatic rings. The molecule has 29 heavy (non-hydrogen) atoms. The minimum absolute atomic E-state index is 0.0126. The molecule has 6 heteroatoms. The van der Waals surface area contributed by atoms with Crippen molar-refractivity contribution in [1.82, 2.24) is 0 Å². The Kier molecular flexibility index (Phi) is 5.52. The van der Waals surface area contributed by atoms with Crippen LogP contribution in [0.2, 0.25) is 0 Å². The molecule has 0 bridgehead atoms. The van der Waals surface area contributed by atoms with Gasteiger partial charge in [-0.25, -0.2) is 4.79 Å². The van der Waals surface area contributed by atoms with Crippen LogP contribution in [0.5, 0.6) is 11.5 Å². The largest absolute Gasteiger partial charge is 0.504 e. The average molecular weight is 402 g/mol. The number of ketones is 1. The third kappa shape index (κ3) is 3.54. The predicted molar refractivity (Wildman–Crippen MR) is 108 cm³/mol. The summed E-state index contributed by atoms with van der Waals surface area (Å²) in [7, 11) is 1.40. The summed E-state index contributed by atoms with van der Waals surface area (Å²) < 4.78 is 11.0. The lowest BCUT2D eigenvalue weighted by atomic mass is 9.67. The van der Waals surface area contributed by atoms with Gasteiger partial charge in [-0.05, 0) is 50.0 Å². The van der Waals surface area contributed by atoms with Crippen LogP contribution in [0.4, 0.5) is 0 Å². The van der Waals surface area contributed by atoms with E-state index in [0.717, 1.165) is 5.57 Å². The summed E-state index contributed by atoms with van der Waals surface area (Å²) in [6.07, 6.45) is 2.44. The Bertz CT molecular complexity index is 857. The molecule has 0 radical (unpaired) electrons. The first-order valence-electron chi connectivity index (χ1n) is 10.0. The van der Waals surface area contributed by atoms with Crippen molar-refractivity contribution in [3.05, 3.63) is 35.4 Å². The second-order valence-corrected chi connectivity index (χ2v) is 8.93. The Labute approximate surface area is 171 Å². The molecule has 2 aliphatic rings. The normalized spacial score (nSPS) is 31.8. The molecule has 158 valence electrons. The summed E-state index contributed by atoms with van der Waals surface area (Å²) in [5.74, 6) is -1.07. The maximum Gasteiger partial charge on any atom is 0.338 e. The summed E-state index contributed by atoms with van der Waals surface area (Å²) >= 11 is 0. The zero-order chi connectivity index (χ0) is 21.6. The molecular formula is C23H30O6. The number of hydrogen-bond acceptors (Lipinski definition) is 6. The SMILES string of the molecule is COc1cc(C(=O)OC2CC(C)=CC(=O)C3(C)CCC(O)(C(C)C)C23)ccc1O. The molecular weight excluding hydrogens is 372 g/mol. The zero-order valence-corrected chi connectivity index (χ0v) is 17.7. The monoisotopic (exact) mass is 402 g/mol. The van der Waals surface area contributed by atoms with Crippen molar-refractivity contribution in [2.45, 2.75) is 58.7 Å². The van der Waals surface area contributed by atoms with Crippen molar-refractivity contribution in [1.29, 1.82) is 0 Å². The van der Waals surface area contributed by atoms with Crippen LogP contribution in [0.3, 0.4) is 0 Å². The first-order valence-corrected chi connectivity index (χ1v) is 10.0. The molecule has 4 unspecified atom stereocenters. The van der Waals surface area contributed by atoms with Crippen LogP contribution in [0.1, 0.15) is 57.3 Å². The van der Waals surface area contributed by atoms with Crippen LogP contribution in [0, 0.1) is 17.3 Å². The van der Waals surface area contributed by atoms with E-state index in [1.54, 1.807) is 6.08 Å². The summed E-state index contributed by atoms with van der Waals surface area (Å²) in [6, 6.07) is 4.26. The highest BCUT2D eigenvalue weighted by atomic mass is 16.5. The Morgan fingerprint density at radius 3 is 2.59 bits per heavy atom. The number of aliphatic hydroxyl groups is 1. The highest BCUT2D eigenvalue weighted by molar-refractivity contribution is 5.96. The second kappa shape index (κ2) is 7.48. The summed E-state index contributed by atoms with van der Waals surface area (Å²) in [5, 5.41) is 21.3. The van der Waals surface area contributed by atoms with Gasteiger partial charge in [0, 0.05) is 17.8 Å². The van der Waals surface area contributed by atoms with Crippen molar-refractivity contribution in [3.63, 3.8) is 0 Å². The molecule has 0 aliphatic heterocycles. The van der Waals surface area contributed by atoms with Gasteiger partial charge in [-0.2, -0.15) is 0 Å². The Hall–Kier alpha value is -2.34. The van der Waals surface area contributed by atoms with Gasteiger partial charge < -0.3 is 19.7 Å². The molecule has 0 spiro atoms. The van der Waals surface area contributed by atoms with E-state index in [4.69, 9.17) is 9.47 Å². The minimum Gasteiger partial charge on any atom is -0.504 e. The number of phenolic OH excluding ortho intramolecular Hbond substituents is 1. The molecule has 1 saturated carbocycles. The van der Waals surface area contributed by atoms with Crippen molar-refractivity contribution in [3.8, 4) is 11.5 Å². The van der Waals surface area contributed by atoms with Gasteiger partial charge in [0.05, 0.1) is 18.3 Å². The number of carbonyl (C=O) groups excluding carboxylic acids is 2. The van der Waals surface area contributed by atoms with Gasteiger partial charge in [0.25, 0.3) is 0 Å². The highest BCUT2D eigenvalue weighted by Crippen LogP contribution is 2.56. The van der Waals surface area contributed by atoms with E-state index in [-0.39, 0.29) is 28.8 Å². The molecule has 2 aliphatic carbocycles. The van der Waals surface area contributed by atoms with Crippen molar-refractivity contribution in [2.75, 3.05) is 7.11 Å². The number of rotatable bonds is 4. The van der Waals surface area contributed by atoms with Crippen molar-refractivity contribution < 1.29 is 29.3 Å².